The zero-order valence-electron chi connectivity index (χ0n) is 13.0. The van der Waals surface area contributed by atoms with Crippen LogP contribution in [0, 0.1) is 20.8 Å². The monoisotopic (exact) mass is 354 g/mol. The van der Waals surface area contributed by atoms with E-state index in [2.05, 4.69) is 4.72 Å². The summed E-state index contributed by atoms with van der Waals surface area (Å²) in [5.74, 6) is 0. The Bertz CT molecular complexity index is 924. The fraction of sp³-hybridized carbons (Fsp3) is 0.200. The topological polar surface area (TPSA) is 106 Å². The lowest BCUT2D eigenvalue weighted by molar-refractivity contribution is 0.597. The van der Waals surface area contributed by atoms with E-state index in [4.69, 9.17) is 5.14 Å². The van der Waals surface area contributed by atoms with Crippen molar-refractivity contribution in [1.29, 1.82) is 0 Å². The first-order valence-electron chi connectivity index (χ1n) is 6.74. The first kappa shape index (κ1) is 17.5. The molecule has 0 aliphatic rings. The van der Waals surface area contributed by atoms with E-state index in [1.807, 2.05) is 6.92 Å². The number of nitrogens with two attached hydrogens (primary N) is 1. The Balaban J connectivity index is 2.40. The largest absolute Gasteiger partial charge is 0.280 e. The molecule has 2 aromatic rings. The molecular formula is C15H18N2O4S2. The van der Waals surface area contributed by atoms with Crippen LogP contribution in [0.2, 0.25) is 0 Å². The van der Waals surface area contributed by atoms with Crippen molar-refractivity contribution in [2.75, 3.05) is 4.72 Å². The molecule has 0 aromatic heterocycles. The van der Waals surface area contributed by atoms with Gasteiger partial charge in [0.25, 0.3) is 10.0 Å². The molecule has 0 heterocycles. The van der Waals surface area contributed by atoms with Crippen molar-refractivity contribution in [3.05, 3.63) is 53.1 Å². The first-order chi connectivity index (χ1) is 10.5. The SMILES string of the molecule is Cc1cc(C)c(S(=O)(=O)Nc2ccc(S(N)(=O)=O)cc2)c(C)c1. The Morgan fingerprint density at radius 3 is 1.78 bits per heavy atom. The Labute approximate surface area is 136 Å². The third kappa shape index (κ3) is 3.90. The van der Waals surface area contributed by atoms with Gasteiger partial charge in [0, 0.05) is 5.69 Å². The number of aryl methyl sites for hydroxylation is 3. The number of anilines is 1. The number of hydrogen-bond acceptors (Lipinski definition) is 4. The number of primary sulfonamides is 1. The zero-order valence-corrected chi connectivity index (χ0v) is 14.6. The summed E-state index contributed by atoms with van der Waals surface area (Å²) < 4.78 is 50.0. The quantitative estimate of drug-likeness (QED) is 0.876. The second-order valence-corrected chi connectivity index (χ2v) is 8.58. The lowest BCUT2D eigenvalue weighted by atomic mass is 10.1. The molecule has 3 N–H and O–H groups in total. The Kier molecular flexibility index (Phi) is 4.52. The second-order valence-electron chi connectivity index (χ2n) is 5.40. The summed E-state index contributed by atoms with van der Waals surface area (Å²) in [5.41, 5.74) is 2.54. The van der Waals surface area contributed by atoms with E-state index in [1.54, 1.807) is 26.0 Å². The van der Waals surface area contributed by atoms with Crippen molar-refractivity contribution in [2.45, 2.75) is 30.6 Å². The minimum atomic E-state index is -3.81. The van der Waals surface area contributed by atoms with E-state index in [0.717, 1.165) is 5.56 Å². The fourth-order valence-corrected chi connectivity index (χ4v) is 4.54. The molecule has 0 bridgehead atoms. The van der Waals surface area contributed by atoms with Crippen molar-refractivity contribution >= 4 is 25.7 Å². The van der Waals surface area contributed by atoms with Crippen LogP contribution < -0.4 is 9.86 Å². The van der Waals surface area contributed by atoms with E-state index in [1.165, 1.54) is 24.3 Å². The van der Waals surface area contributed by atoms with Crippen LogP contribution in [-0.2, 0) is 20.0 Å². The van der Waals surface area contributed by atoms with Gasteiger partial charge in [0.1, 0.15) is 0 Å². The highest BCUT2D eigenvalue weighted by molar-refractivity contribution is 7.92. The van der Waals surface area contributed by atoms with Crippen LogP contribution in [0.15, 0.2) is 46.2 Å². The van der Waals surface area contributed by atoms with Crippen molar-refractivity contribution in [2.24, 2.45) is 5.14 Å². The molecule has 0 atom stereocenters. The number of benzene rings is 2. The lowest BCUT2D eigenvalue weighted by Gasteiger charge is -2.14. The van der Waals surface area contributed by atoms with Gasteiger partial charge < -0.3 is 0 Å². The zero-order chi connectivity index (χ0) is 17.4. The van der Waals surface area contributed by atoms with Crippen LogP contribution in [0.3, 0.4) is 0 Å². The average Bonchev–Trinajstić information content (AvgIpc) is 2.35. The molecule has 0 unspecified atom stereocenters. The van der Waals surface area contributed by atoms with E-state index < -0.39 is 20.0 Å². The molecule has 2 aromatic carbocycles. The third-order valence-electron chi connectivity index (χ3n) is 3.31. The molecule has 0 fully saturated rings. The maximum Gasteiger partial charge on any atom is 0.262 e. The molecule has 0 spiro atoms. The van der Waals surface area contributed by atoms with Crippen molar-refractivity contribution in [3.63, 3.8) is 0 Å². The van der Waals surface area contributed by atoms with Crippen molar-refractivity contribution in [3.8, 4) is 0 Å². The molecule has 0 aliphatic heterocycles. The normalized spacial score (nSPS) is 12.2. The van der Waals surface area contributed by atoms with E-state index in [-0.39, 0.29) is 15.5 Å². The first-order valence-corrected chi connectivity index (χ1v) is 9.77. The highest BCUT2D eigenvalue weighted by Crippen LogP contribution is 2.24. The van der Waals surface area contributed by atoms with Crippen LogP contribution in [0.5, 0.6) is 0 Å². The number of hydrogen-bond donors (Lipinski definition) is 2. The van der Waals surface area contributed by atoms with Gasteiger partial charge in [0.15, 0.2) is 0 Å². The maximum absolute atomic E-state index is 12.6. The molecule has 23 heavy (non-hydrogen) atoms. The third-order valence-corrected chi connectivity index (χ3v) is 5.92. The van der Waals surface area contributed by atoms with Gasteiger partial charge in [-0.3, -0.25) is 4.72 Å². The molecule has 124 valence electrons. The summed E-state index contributed by atoms with van der Waals surface area (Å²) in [5, 5.41) is 5.01. The van der Waals surface area contributed by atoms with Crippen LogP contribution in [0.25, 0.3) is 0 Å². The van der Waals surface area contributed by atoms with Gasteiger partial charge >= 0.3 is 0 Å². The molecule has 8 heteroatoms. The Hall–Kier alpha value is -1.90. The highest BCUT2D eigenvalue weighted by atomic mass is 32.2. The molecule has 0 amide bonds. The molecular weight excluding hydrogens is 336 g/mol. The van der Waals surface area contributed by atoms with Gasteiger partial charge in [-0.15, -0.1) is 0 Å². The molecule has 0 saturated carbocycles. The molecule has 0 aliphatic carbocycles. The van der Waals surface area contributed by atoms with Crippen molar-refractivity contribution in [1.82, 2.24) is 0 Å². The van der Waals surface area contributed by atoms with Crippen LogP contribution in [-0.4, -0.2) is 16.8 Å². The molecule has 6 nitrogen and oxygen atoms in total. The van der Waals surface area contributed by atoms with Gasteiger partial charge in [-0.05, 0) is 56.2 Å². The van der Waals surface area contributed by atoms with Crippen molar-refractivity contribution < 1.29 is 16.8 Å². The second kappa shape index (κ2) is 5.95. The summed E-state index contributed by atoms with van der Waals surface area (Å²) >= 11 is 0. The van der Waals surface area contributed by atoms with Crippen LogP contribution in [0.1, 0.15) is 16.7 Å². The van der Waals surface area contributed by atoms with Gasteiger partial charge in [-0.1, -0.05) is 17.7 Å². The summed E-state index contributed by atoms with van der Waals surface area (Å²) in [7, 11) is -7.58. The minimum absolute atomic E-state index is 0.0804. The number of nitrogens with one attached hydrogen (secondary N) is 1. The minimum Gasteiger partial charge on any atom is -0.280 e. The summed E-state index contributed by atoms with van der Waals surface area (Å²) in [6.07, 6.45) is 0. The predicted octanol–water partition coefficient (Wildman–Crippen LogP) is 2.06. The van der Waals surface area contributed by atoms with E-state index >= 15 is 0 Å². The molecule has 0 saturated heterocycles. The van der Waals surface area contributed by atoms with Crippen LogP contribution >= 0.6 is 0 Å². The summed E-state index contributed by atoms with van der Waals surface area (Å²) in [6.45, 7) is 5.37. The van der Waals surface area contributed by atoms with Gasteiger partial charge in [0.05, 0.1) is 9.79 Å². The number of rotatable bonds is 4. The highest BCUT2D eigenvalue weighted by Gasteiger charge is 2.20. The Morgan fingerprint density at radius 1 is 0.870 bits per heavy atom. The van der Waals surface area contributed by atoms with Gasteiger partial charge in [-0.2, -0.15) is 0 Å². The summed E-state index contributed by atoms with van der Waals surface area (Å²) in [6, 6.07) is 8.81. The lowest BCUT2D eigenvalue weighted by Crippen LogP contribution is -2.16. The van der Waals surface area contributed by atoms with Crippen LogP contribution in [0.4, 0.5) is 5.69 Å². The molecule has 0 radical (unpaired) electrons. The average molecular weight is 354 g/mol. The standard InChI is InChI=1S/C15H18N2O4S2/c1-10-8-11(2)15(12(3)9-10)23(20,21)17-13-4-6-14(7-5-13)22(16,18)19/h4-9,17H,1-3H3,(H2,16,18,19). The summed E-state index contributed by atoms with van der Waals surface area (Å²) in [4.78, 5) is 0.141. The maximum atomic E-state index is 12.6. The van der Waals surface area contributed by atoms with Gasteiger partial charge in [0.2, 0.25) is 10.0 Å². The van der Waals surface area contributed by atoms with E-state index in [0.29, 0.717) is 11.1 Å². The Morgan fingerprint density at radius 2 is 1.35 bits per heavy atom. The molecule has 2 rings (SSSR count). The fourth-order valence-electron chi connectivity index (χ4n) is 2.51. The van der Waals surface area contributed by atoms with E-state index in [9.17, 15) is 16.8 Å². The van der Waals surface area contributed by atoms with Gasteiger partial charge in [-0.25, -0.2) is 22.0 Å². The smallest absolute Gasteiger partial charge is 0.262 e. The predicted molar refractivity (Wildman–Crippen MR) is 89.3 cm³/mol. The number of sulfonamides is 2.